The van der Waals surface area contributed by atoms with Crippen LogP contribution < -0.4 is 10.6 Å². The third-order valence-electron chi connectivity index (χ3n) is 3.24. The molecule has 2 amide bonds. The average Bonchev–Trinajstić information content (AvgIpc) is 2.91. The maximum absolute atomic E-state index is 11.7. The van der Waals surface area contributed by atoms with Crippen LogP contribution in [0.15, 0.2) is 18.2 Å². The van der Waals surface area contributed by atoms with E-state index in [4.69, 9.17) is 9.84 Å². The van der Waals surface area contributed by atoms with Crippen LogP contribution in [0.25, 0.3) is 0 Å². The highest BCUT2D eigenvalue weighted by Crippen LogP contribution is 2.16. The lowest BCUT2D eigenvalue weighted by atomic mass is 10.1. The lowest BCUT2D eigenvalue weighted by Crippen LogP contribution is -2.35. The number of hydrogen-bond acceptors (Lipinski definition) is 3. The topological polar surface area (TPSA) is 87.7 Å². The Morgan fingerprint density at radius 3 is 2.85 bits per heavy atom. The van der Waals surface area contributed by atoms with Crippen LogP contribution in [0.2, 0.25) is 0 Å². The van der Waals surface area contributed by atoms with Gasteiger partial charge in [-0.15, -0.1) is 0 Å². The number of nitrogens with one attached hydrogen (secondary N) is 2. The molecule has 20 heavy (non-hydrogen) atoms. The first-order chi connectivity index (χ1) is 9.56. The minimum atomic E-state index is -0.984. The van der Waals surface area contributed by atoms with Crippen LogP contribution >= 0.6 is 0 Å². The fraction of sp³-hybridized carbons (Fsp3) is 0.429. The molecule has 2 rings (SSSR count). The molecule has 1 aromatic rings. The molecule has 6 heteroatoms. The molecule has 0 bridgehead atoms. The minimum Gasteiger partial charge on any atom is -0.478 e. The Labute approximate surface area is 117 Å². The van der Waals surface area contributed by atoms with Crippen LogP contribution in [0.3, 0.4) is 0 Å². The molecule has 0 saturated carbocycles. The van der Waals surface area contributed by atoms with Gasteiger partial charge < -0.3 is 20.5 Å². The van der Waals surface area contributed by atoms with Crippen molar-refractivity contribution >= 4 is 17.7 Å². The molecule has 3 N–H and O–H groups in total. The summed E-state index contributed by atoms with van der Waals surface area (Å²) in [6, 6.07) is 4.26. The molecule has 0 radical (unpaired) electrons. The van der Waals surface area contributed by atoms with Crippen LogP contribution in [0.5, 0.6) is 0 Å². The van der Waals surface area contributed by atoms with E-state index in [-0.39, 0.29) is 17.7 Å². The van der Waals surface area contributed by atoms with Gasteiger partial charge in [-0.25, -0.2) is 9.59 Å². The summed E-state index contributed by atoms with van der Waals surface area (Å²) in [7, 11) is 0. The summed E-state index contributed by atoms with van der Waals surface area (Å²) >= 11 is 0. The van der Waals surface area contributed by atoms with E-state index in [0.29, 0.717) is 17.8 Å². The highest BCUT2D eigenvalue weighted by Gasteiger charge is 2.16. The number of ether oxygens (including phenoxy) is 1. The number of urea groups is 1. The van der Waals surface area contributed by atoms with Crippen molar-refractivity contribution in [1.29, 1.82) is 0 Å². The first kappa shape index (κ1) is 14.3. The van der Waals surface area contributed by atoms with Gasteiger partial charge in [0.05, 0.1) is 11.7 Å². The second kappa shape index (κ2) is 6.38. The van der Waals surface area contributed by atoms with Gasteiger partial charge in [-0.05, 0) is 43.5 Å². The van der Waals surface area contributed by atoms with Crippen molar-refractivity contribution in [3.8, 4) is 0 Å². The van der Waals surface area contributed by atoms with Crippen LogP contribution in [0, 0.1) is 6.92 Å². The summed E-state index contributed by atoms with van der Waals surface area (Å²) in [6.07, 6.45) is 2.09. The summed E-state index contributed by atoms with van der Waals surface area (Å²) in [5, 5.41) is 14.3. The predicted molar refractivity (Wildman–Crippen MR) is 74.1 cm³/mol. The number of hydrogen-bond donors (Lipinski definition) is 3. The van der Waals surface area contributed by atoms with E-state index in [1.54, 1.807) is 13.0 Å². The summed E-state index contributed by atoms with van der Waals surface area (Å²) in [5.41, 5.74) is 1.50. The molecule has 6 nitrogen and oxygen atoms in total. The molecule has 1 aromatic carbocycles. The van der Waals surface area contributed by atoms with Gasteiger partial charge in [0.15, 0.2) is 0 Å². The van der Waals surface area contributed by atoms with Gasteiger partial charge in [0.25, 0.3) is 0 Å². The number of carboxylic acid groups (broad SMARTS) is 1. The Morgan fingerprint density at radius 1 is 1.45 bits per heavy atom. The van der Waals surface area contributed by atoms with Gasteiger partial charge in [-0.2, -0.15) is 0 Å². The van der Waals surface area contributed by atoms with Crippen molar-refractivity contribution in [3.63, 3.8) is 0 Å². The number of carbonyl (C=O) groups is 2. The van der Waals surface area contributed by atoms with Crippen molar-refractivity contribution < 1.29 is 19.4 Å². The summed E-state index contributed by atoms with van der Waals surface area (Å²) in [6.45, 7) is 2.99. The molecule has 1 unspecified atom stereocenters. The third-order valence-corrected chi connectivity index (χ3v) is 3.24. The van der Waals surface area contributed by atoms with Crippen molar-refractivity contribution in [1.82, 2.24) is 5.32 Å². The zero-order chi connectivity index (χ0) is 14.5. The normalized spacial score (nSPS) is 17.8. The molecule has 0 spiro atoms. The molecule has 1 aliphatic rings. The molecule has 1 aliphatic heterocycles. The molecule has 0 aromatic heterocycles. The van der Waals surface area contributed by atoms with Crippen molar-refractivity contribution in [2.45, 2.75) is 25.9 Å². The molecule has 1 saturated heterocycles. The first-order valence-electron chi connectivity index (χ1n) is 6.56. The fourth-order valence-electron chi connectivity index (χ4n) is 2.12. The number of anilines is 1. The predicted octanol–water partition coefficient (Wildman–Crippen LogP) is 1.99. The molecular formula is C14H18N2O4. The van der Waals surface area contributed by atoms with Gasteiger partial charge in [0.1, 0.15) is 0 Å². The molecule has 1 atom stereocenters. The molecule has 108 valence electrons. The number of carbonyl (C=O) groups excluding carboxylic acids is 1. The van der Waals surface area contributed by atoms with Crippen molar-refractivity contribution in [2.75, 3.05) is 18.5 Å². The van der Waals surface area contributed by atoms with Gasteiger partial charge >= 0.3 is 12.0 Å². The molecular weight excluding hydrogens is 260 g/mol. The zero-order valence-corrected chi connectivity index (χ0v) is 11.3. The zero-order valence-electron chi connectivity index (χ0n) is 11.3. The average molecular weight is 278 g/mol. The van der Waals surface area contributed by atoms with Crippen LogP contribution in [-0.4, -0.2) is 36.4 Å². The van der Waals surface area contributed by atoms with Crippen molar-refractivity contribution in [3.05, 3.63) is 29.3 Å². The fourth-order valence-corrected chi connectivity index (χ4v) is 2.12. The number of amides is 2. The molecule has 1 fully saturated rings. The Bertz CT molecular complexity index is 510. The van der Waals surface area contributed by atoms with Gasteiger partial charge in [-0.1, -0.05) is 0 Å². The Balaban J connectivity index is 1.88. The second-order valence-corrected chi connectivity index (χ2v) is 4.80. The van der Waals surface area contributed by atoms with Crippen molar-refractivity contribution in [2.24, 2.45) is 0 Å². The Hall–Kier alpha value is -2.08. The van der Waals surface area contributed by atoms with Crippen LogP contribution in [0.4, 0.5) is 10.5 Å². The smallest absolute Gasteiger partial charge is 0.335 e. The Morgan fingerprint density at radius 2 is 2.25 bits per heavy atom. The number of aryl methyl sites for hydroxylation is 1. The summed E-state index contributed by atoms with van der Waals surface area (Å²) < 4.78 is 5.41. The van der Waals surface area contributed by atoms with E-state index >= 15 is 0 Å². The van der Waals surface area contributed by atoms with Gasteiger partial charge in [-0.3, -0.25) is 0 Å². The van der Waals surface area contributed by atoms with Crippen LogP contribution in [0.1, 0.15) is 28.8 Å². The second-order valence-electron chi connectivity index (χ2n) is 4.80. The van der Waals surface area contributed by atoms with E-state index in [1.807, 2.05) is 0 Å². The highest BCUT2D eigenvalue weighted by molar-refractivity contribution is 5.92. The quantitative estimate of drug-likeness (QED) is 0.786. The number of benzene rings is 1. The van der Waals surface area contributed by atoms with E-state index in [9.17, 15) is 9.59 Å². The lowest BCUT2D eigenvalue weighted by molar-refractivity contribution is 0.0697. The summed E-state index contributed by atoms with van der Waals surface area (Å²) in [5.74, 6) is -0.984. The number of rotatable bonds is 4. The lowest BCUT2D eigenvalue weighted by Gasteiger charge is -2.13. The standard InChI is InChI=1S/C14H18N2O4/c1-9-7-10(13(17)18)4-5-12(9)16-14(19)15-8-11-3-2-6-20-11/h4-5,7,11H,2-3,6,8H2,1H3,(H,17,18)(H2,15,16,19). The Kier molecular flexibility index (Phi) is 4.57. The first-order valence-corrected chi connectivity index (χ1v) is 6.56. The largest absolute Gasteiger partial charge is 0.478 e. The molecule has 0 aliphatic carbocycles. The number of aromatic carboxylic acids is 1. The third kappa shape index (κ3) is 3.71. The van der Waals surface area contributed by atoms with Gasteiger partial charge in [0, 0.05) is 18.8 Å². The molecule has 1 heterocycles. The number of carboxylic acids is 1. The van der Waals surface area contributed by atoms with E-state index in [0.717, 1.165) is 19.4 Å². The van der Waals surface area contributed by atoms with Crippen LogP contribution in [-0.2, 0) is 4.74 Å². The van der Waals surface area contributed by atoms with E-state index < -0.39 is 5.97 Å². The summed E-state index contributed by atoms with van der Waals surface area (Å²) in [4.78, 5) is 22.6. The SMILES string of the molecule is Cc1cc(C(=O)O)ccc1NC(=O)NCC1CCCO1. The maximum Gasteiger partial charge on any atom is 0.335 e. The van der Waals surface area contributed by atoms with E-state index in [2.05, 4.69) is 10.6 Å². The monoisotopic (exact) mass is 278 g/mol. The van der Waals surface area contributed by atoms with E-state index in [1.165, 1.54) is 12.1 Å². The van der Waals surface area contributed by atoms with Gasteiger partial charge in [0.2, 0.25) is 0 Å². The highest BCUT2D eigenvalue weighted by atomic mass is 16.5. The maximum atomic E-state index is 11.7. The minimum absolute atomic E-state index is 0.0937.